The van der Waals surface area contributed by atoms with E-state index in [9.17, 15) is 4.79 Å². The number of hydrogen-bond acceptors (Lipinski definition) is 3. The largest absolute Gasteiger partial charge is 0.480 e. The van der Waals surface area contributed by atoms with Crippen LogP contribution in [0.3, 0.4) is 0 Å². The third kappa shape index (κ3) is 4.46. The molecule has 17 heavy (non-hydrogen) atoms. The summed E-state index contributed by atoms with van der Waals surface area (Å²) in [6, 6.07) is 7.03. The summed E-state index contributed by atoms with van der Waals surface area (Å²) in [4.78, 5) is 11.0. The van der Waals surface area contributed by atoms with Gasteiger partial charge in [-0.05, 0) is 24.6 Å². The quantitative estimate of drug-likeness (QED) is 0.846. The average molecular weight is 302 g/mol. The Bertz CT molecular complexity index is 367. The smallest absolute Gasteiger partial charge is 0.323 e. The molecule has 0 aliphatic carbocycles. The van der Waals surface area contributed by atoms with Crippen LogP contribution in [0.15, 0.2) is 28.7 Å². The van der Waals surface area contributed by atoms with Gasteiger partial charge in [0.25, 0.3) is 0 Å². The third-order valence-electron chi connectivity index (χ3n) is 2.45. The molecule has 2 N–H and O–H groups in total. The lowest BCUT2D eigenvalue weighted by Gasteiger charge is -2.19. The predicted octanol–water partition coefficient (Wildman–Crippen LogP) is 2.20. The van der Waals surface area contributed by atoms with Crippen molar-refractivity contribution in [1.82, 2.24) is 5.32 Å². The van der Waals surface area contributed by atoms with Crippen LogP contribution < -0.4 is 5.32 Å². The Hall–Kier alpha value is -0.910. The molecule has 94 valence electrons. The summed E-state index contributed by atoms with van der Waals surface area (Å²) in [6.07, 6.45) is 0. The number of aliphatic carboxylic acids is 1. The maximum atomic E-state index is 11.0. The normalized spacial score (nSPS) is 14.3. The van der Waals surface area contributed by atoms with Crippen LogP contribution in [-0.4, -0.2) is 30.8 Å². The number of nitrogens with one attached hydrogen (secondary N) is 1. The first-order valence-electron chi connectivity index (χ1n) is 5.28. The Morgan fingerprint density at radius 2 is 2.06 bits per heavy atom. The molecule has 0 amide bonds. The lowest BCUT2D eigenvalue weighted by Crippen LogP contribution is -2.41. The number of methoxy groups -OCH3 is 1. The number of carboxylic acid groups (broad SMARTS) is 1. The monoisotopic (exact) mass is 301 g/mol. The van der Waals surface area contributed by atoms with Gasteiger partial charge in [-0.3, -0.25) is 10.1 Å². The molecule has 0 saturated heterocycles. The van der Waals surface area contributed by atoms with Crippen LogP contribution in [0.5, 0.6) is 0 Å². The highest BCUT2D eigenvalue weighted by Crippen LogP contribution is 2.16. The number of carboxylic acids is 1. The SMILES string of the molecule is COCC(NC(C)c1ccc(Br)cc1)C(=O)O. The molecular weight excluding hydrogens is 286 g/mol. The van der Waals surface area contributed by atoms with Gasteiger partial charge in [-0.25, -0.2) is 0 Å². The van der Waals surface area contributed by atoms with Crippen LogP contribution in [0.1, 0.15) is 18.5 Å². The van der Waals surface area contributed by atoms with E-state index in [0.29, 0.717) is 0 Å². The van der Waals surface area contributed by atoms with Gasteiger partial charge < -0.3 is 9.84 Å². The summed E-state index contributed by atoms with van der Waals surface area (Å²) < 4.78 is 5.87. The van der Waals surface area contributed by atoms with Crippen molar-refractivity contribution in [2.24, 2.45) is 0 Å². The van der Waals surface area contributed by atoms with E-state index in [1.807, 2.05) is 31.2 Å². The van der Waals surface area contributed by atoms with Crippen molar-refractivity contribution in [2.45, 2.75) is 19.0 Å². The Balaban J connectivity index is 2.66. The van der Waals surface area contributed by atoms with Gasteiger partial charge in [0.1, 0.15) is 6.04 Å². The number of halogens is 1. The van der Waals surface area contributed by atoms with Crippen molar-refractivity contribution in [3.05, 3.63) is 34.3 Å². The van der Waals surface area contributed by atoms with Crippen LogP contribution in [0.2, 0.25) is 0 Å². The highest BCUT2D eigenvalue weighted by atomic mass is 79.9. The van der Waals surface area contributed by atoms with Crippen molar-refractivity contribution in [2.75, 3.05) is 13.7 Å². The van der Waals surface area contributed by atoms with Crippen LogP contribution in [0.25, 0.3) is 0 Å². The second kappa shape index (κ2) is 6.74. The summed E-state index contributed by atoms with van der Waals surface area (Å²) in [7, 11) is 1.49. The standard InChI is InChI=1S/C12H16BrNO3/c1-8(9-3-5-10(13)6-4-9)14-11(7-17-2)12(15)16/h3-6,8,11,14H,7H2,1-2H3,(H,15,16). The molecule has 0 aromatic heterocycles. The molecule has 0 spiro atoms. The van der Waals surface area contributed by atoms with E-state index >= 15 is 0 Å². The lowest BCUT2D eigenvalue weighted by atomic mass is 10.1. The zero-order valence-electron chi connectivity index (χ0n) is 9.81. The Labute approximate surface area is 109 Å². The van der Waals surface area contributed by atoms with E-state index in [0.717, 1.165) is 10.0 Å². The van der Waals surface area contributed by atoms with Crippen molar-refractivity contribution in [3.63, 3.8) is 0 Å². The number of hydrogen-bond donors (Lipinski definition) is 2. The first-order valence-corrected chi connectivity index (χ1v) is 6.07. The minimum absolute atomic E-state index is 0.0423. The van der Waals surface area contributed by atoms with E-state index < -0.39 is 12.0 Å². The molecule has 2 atom stereocenters. The zero-order valence-corrected chi connectivity index (χ0v) is 11.4. The van der Waals surface area contributed by atoms with Crippen molar-refractivity contribution in [3.8, 4) is 0 Å². The maximum absolute atomic E-state index is 11.0. The second-order valence-electron chi connectivity index (χ2n) is 3.79. The molecule has 0 bridgehead atoms. The molecule has 0 fully saturated rings. The fraction of sp³-hybridized carbons (Fsp3) is 0.417. The molecular formula is C12H16BrNO3. The molecule has 0 aliphatic rings. The predicted molar refractivity (Wildman–Crippen MR) is 69.0 cm³/mol. The summed E-state index contributed by atoms with van der Waals surface area (Å²) in [5.41, 5.74) is 1.04. The zero-order chi connectivity index (χ0) is 12.8. The Kier molecular flexibility index (Phi) is 5.61. The van der Waals surface area contributed by atoms with Crippen molar-refractivity contribution >= 4 is 21.9 Å². The van der Waals surface area contributed by atoms with Crippen LogP contribution >= 0.6 is 15.9 Å². The van der Waals surface area contributed by atoms with Gasteiger partial charge in [0.05, 0.1) is 6.61 Å². The number of rotatable bonds is 6. The summed E-state index contributed by atoms with van der Waals surface area (Å²) in [5.74, 6) is -0.907. The van der Waals surface area contributed by atoms with E-state index in [2.05, 4.69) is 21.2 Å². The molecule has 2 unspecified atom stereocenters. The maximum Gasteiger partial charge on any atom is 0.323 e. The highest BCUT2D eigenvalue weighted by molar-refractivity contribution is 9.10. The molecule has 0 radical (unpaired) electrons. The lowest BCUT2D eigenvalue weighted by molar-refractivity contribution is -0.141. The molecule has 0 saturated carbocycles. The summed E-state index contributed by atoms with van der Waals surface area (Å²) in [5, 5.41) is 12.0. The molecule has 0 aliphatic heterocycles. The molecule has 5 heteroatoms. The van der Waals surface area contributed by atoms with E-state index in [1.165, 1.54) is 7.11 Å². The van der Waals surface area contributed by atoms with Gasteiger partial charge in [0, 0.05) is 17.6 Å². The van der Waals surface area contributed by atoms with Gasteiger partial charge in [0.15, 0.2) is 0 Å². The molecule has 1 aromatic carbocycles. The second-order valence-corrected chi connectivity index (χ2v) is 4.70. The van der Waals surface area contributed by atoms with Gasteiger partial charge in [-0.1, -0.05) is 28.1 Å². The summed E-state index contributed by atoms with van der Waals surface area (Å²) >= 11 is 3.36. The van der Waals surface area contributed by atoms with E-state index in [4.69, 9.17) is 9.84 Å². The fourth-order valence-corrected chi connectivity index (χ4v) is 1.77. The fourth-order valence-electron chi connectivity index (χ4n) is 1.51. The molecule has 1 aromatic rings. The minimum Gasteiger partial charge on any atom is -0.480 e. The van der Waals surface area contributed by atoms with E-state index in [1.54, 1.807) is 0 Å². The Morgan fingerprint density at radius 1 is 1.47 bits per heavy atom. The average Bonchev–Trinajstić information content (AvgIpc) is 2.29. The van der Waals surface area contributed by atoms with E-state index in [-0.39, 0.29) is 12.6 Å². The van der Waals surface area contributed by atoms with Crippen LogP contribution in [0, 0.1) is 0 Å². The van der Waals surface area contributed by atoms with Crippen LogP contribution in [-0.2, 0) is 9.53 Å². The van der Waals surface area contributed by atoms with Crippen LogP contribution in [0.4, 0.5) is 0 Å². The van der Waals surface area contributed by atoms with Gasteiger partial charge in [0.2, 0.25) is 0 Å². The topological polar surface area (TPSA) is 58.6 Å². The molecule has 4 nitrogen and oxygen atoms in total. The first-order chi connectivity index (χ1) is 8.04. The summed E-state index contributed by atoms with van der Waals surface area (Å²) in [6.45, 7) is 2.07. The first kappa shape index (κ1) is 14.2. The molecule has 1 rings (SSSR count). The number of benzene rings is 1. The minimum atomic E-state index is -0.907. The Morgan fingerprint density at radius 3 is 2.53 bits per heavy atom. The van der Waals surface area contributed by atoms with Crippen molar-refractivity contribution < 1.29 is 14.6 Å². The van der Waals surface area contributed by atoms with Gasteiger partial charge in [-0.15, -0.1) is 0 Å². The van der Waals surface area contributed by atoms with Gasteiger partial charge >= 0.3 is 5.97 Å². The number of ether oxygens (including phenoxy) is 1. The number of carbonyl (C=O) groups is 1. The van der Waals surface area contributed by atoms with Gasteiger partial charge in [-0.2, -0.15) is 0 Å². The van der Waals surface area contributed by atoms with Crippen molar-refractivity contribution in [1.29, 1.82) is 0 Å². The molecule has 0 heterocycles. The third-order valence-corrected chi connectivity index (χ3v) is 2.98. The highest BCUT2D eigenvalue weighted by Gasteiger charge is 2.19.